The fourth-order valence-corrected chi connectivity index (χ4v) is 5.88. The highest BCUT2D eigenvalue weighted by Crippen LogP contribution is 2.34. The van der Waals surface area contributed by atoms with Gasteiger partial charge in [-0.25, -0.2) is 9.65 Å². The molecule has 0 spiro atoms. The minimum Gasteiger partial charge on any atom is -0.396 e. The molecule has 16 heteroatoms. The molecule has 1 aliphatic rings. The molecule has 0 aliphatic carbocycles. The zero-order valence-corrected chi connectivity index (χ0v) is 28.0. The molecule has 1 aromatic carbocycles. The second-order valence-corrected chi connectivity index (χ2v) is 12.5. The number of H-pyrrole nitrogens is 1. The van der Waals surface area contributed by atoms with Crippen LogP contribution in [-0.4, -0.2) is 71.8 Å². The first-order valence-electron chi connectivity index (χ1n) is 15.9. The summed E-state index contributed by atoms with van der Waals surface area (Å²) in [6.07, 6.45) is 6.11. The van der Waals surface area contributed by atoms with Crippen LogP contribution in [-0.2, 0) is 39.4 Å². The van der Waals surface area contributed by atoms with Crippen molar-refractivity contribution < 1.29 is 47.7 Å². The third-order valence-corrected chi connectivity index (χ3v) is 8.66. The Morgan fingerprint density at radius 2 is 1.88 bits per heavy atom. The molecule has 1 aliphatic heterocycles. The first kappa shape index (κ1) is 38.4. The molecule has 14 nitrogen and oxygen atoms in total. The van der Waals surface area contributed by atoms with E-state index >= 15 is 0 Å². The van der Waals surface area contributed by atoms with Gasteiger partial charge in [-0.1, -0.05) is 6.42 Å². The van der Waals surface area contributed by atoms with E-state index in [9.17, 15) is 33.2 Å². The van der Waals surface area contributed by atoms with Crippen molar-refractivity contribution in [1.29, 1.82) is 0 Å². The summed E-state index contributed by atoms with van der Waals surface area (Å²) < 4.78 is 33.3. The third-order valence-electron chi connectivity index (χ3n) is 8.16. The minimum absolute atomic E-state index is 0.0561. The SMILES string of the molecule is Cc1[nH]c(/C=C2\C(=O)Nc3ccc(F)cc32)c(C)c1CCC(=O)N[C@@H](CCCCNC=O)C(=O)NCCCCC(CO)CO[P+](=O)OO. The predicted octanol–water partition coefficient (Wildman–Crippen LogP) is 3.66. The molecule has 0 radical (unpaired) electrons. The van der Waals surface area contributed by atoms with Crippen LogP contribution in [0.3, 0.4) is 0 Å². The highest BCUT2D eigenvalue weighted by atomic mass is 31.1. The van der Waals surface area contributed by atoms with Gasteiger partial charge in [-0.05, 0) is 87.8 Å². The first-order valence-corrected chi connectivity index (χ1v) is 16.9. The molecule has 7 N–H and O–H groups in total. The van der Waals surface area contributed by atoms with Crippen LogP contribution < -0.4 is 21.3 Å². The second kappa shape index (κ2) is 19.7. The molecule has 2 heterocycles. The molecule has 2 unspecified atom stereocenters. The molecule has 3 atom stereocenters. The van der Waals surface area contributed by atoms with Crippen LogP contribution in [0.25, 0.3) is 11.6 Å². The summed E-state index contributed by atoms with van der Waals surface area (Å²) in [5, 5.41) is 28.8. The molecule has 0 saturated carbocycles. The maximum absolute atomic E-state index is 13.9. The average molecular weight is 693 g/mol. The number of unbranched alkanes of at least 4 members (excludes halogenated alkanes) is 2. The Bertz CT molecular complexity index is 1480. The van der Waals surface area contributed by atoms with Gasteiger partial charge in [0.2, 0.25) is 18.2 Å². The van der Waals surface area contributed by atoms with Gasteiger partial charge in [0, 0.05) is 59.2 Å². The molecular formula is C32H44FN5O9P+. The van der Waals surface area contributed by atoms with Gasteiger partial charge in [0.15, 0.2) is 0 Å². The van der Waals surface area contributed by atoms with Gasteiger partial charge in [-0.2, -0.15) is 0 Å². The van der Waals surface area contributed by atoms with Crippen LogP contribution in [0, 0.1) is 25.6 Å². The van der Waals surface area contributed by atoms with E-state index < -0.39 is 20.1 Å². The standard InChI is InChI=1S/C32H43FN5O9P/c1-20-24(21(2)36-29(20)16-26-25-15-23(33)9-11-27(25)38-31(26)42)10-12-30(41)37-28(8-4-5-13-34-19-40)32(43)35-14-6-3-7-22(17-39)18-46-48(45)47-44/h9,11,15-16,19,22,28,36,39H,3-8,10,12-14,17-18H2,1-2H3,(H4-,34,35,37,38,40,41,42,43,44)/p+1/b26-16-/t22?,28-/m0/s1. The number of hydrogen-bond acceptors (Lipinski definition) is 9. The summed E-state index contributed by atoms with van der Waals surface area (Å²) in [4.78, 5) is 52.5. The van der Waals surface area contributed by atoms with Gasteiger partial charge in [-0.15, -0.1) is 4.52 Å². The van der Waals surface area contributed by atoms with Gasteiger partial charge in [0.25, 0.3) is 5.91 Å². The number of carbonyl (C=O) groups excluding carboxylic acids is 4. The van der Waals surface area contributed by atoms with E-state index in [0.29, 0.717) is 87.0 Å². The molecule has 2 aromatic rings. The lowest BCUT2D eigenvalue weighted by Crippen LogP contribution is -2.47. The third kappa shape index (κ3) is 11.6. The smallest absolute Gasteiger partial charge is 0.396 e. The largest absolute Gasteiger partial charge is 0.728 e. The van der Waals surface area contributed by atoms with Crippen molar-refractivity contribution in [3.05, 3.63) is 52.1 Å². The number of carbonyl (C=O) groups is 4. The number of nitrogens with one attached hydrogen (secondary N) is 5. The lowest BCUT2D eigenvalue weighted by Gasteiger charge is -2.19. The van der Waals surface area contributed by atoms with Crippen molar-refractivity contribution in [3.63, 3.8) is 0 Å². The number of aromatic amines is 1. The lowest BCUT2D eigenvalue weighted by molar-refractivity contribution is -0.142. The van der Waals surface area contributed by atoms with Crippen molar-refractivity contribution in [3.8, 4) is 0 Å². The highest BCUT2D eigenvalue weighted by Gasteiger charge is 2.26. The molecule has 3 rings (SSSR count). The molecule has 0 fully saturated rings. The van der Waals surface area contributed by atoms with E-state index in [1.165, 1.54) is 18.2 Å². The van der Waals surface area contributed by atoms with Crippen LogP contribution >= 0.6 is 8.25 Å². The van der Waals surface area contributed by atoms with Gasteiger partial charge in [0.05, 0.1) is 10.2 Å². The number of fused-ring (bicyclic) bond motifs is 1. The van der Waals surface area contributed by atoms with Crippen molar-refractivity contribution in [2.45, 2.75) is 71.3 Å². The number of amides is 4. The molecular weight excluding hydrogens is 648 g/mol. The van der Waals surface area contributed by atoms with Gasteiger partial charge >= 0.3 is 8.25 Å². The predicted molar refractivity (Wildman–Crippen MR) is 176 cm³/mol. The van der Waals surface area contributed by atoms with E-state index in [2.05, 4.69) is 30.9 Å². The fourth-order valence-electron chi connectivity index (χ4n) is 5.50. The maximum Gasteiger partial charge on any atom is 0.728 e. The Hall–Kier alpha value is -4.01. The number of anilines is 1. The minimum atomic E-state index is -2.65. The number of aliphatic hydroxyl groups excluding tert-OH is 1. The van der Waals surface area contributed by atoms with Crippen LogP contribution in [0.5, 0.6) is 0 Å². The van der Waals surface area contributed by atoms with E-state index in [1.54, 1.807) is 6.08 Å². The quantitative estimate of drug-likeness (QED) is 0.0240. The number of halogens is 1. The molecule has 1 aromatic heterocycles. The van der Waals surface area contributed by atoms with Crippen LogP contribution in [0.4, 0.5) is 10.1 Å². The van der Waals surface area contributed by atoms with Crippen molar-refractivity contribution in [1.82, 2.24) is 20.9 Å². The molecule has 0 saturated heterocycles. The lowest BCUT2D eigenvalue weighted by atomic mass is 10.0. The number of aryl methyl sites for hydroxylation is 1. The summed E-state index contributed by atoms with van der Waals surface area (Å²) in [6, 6.07) is 3.34. The summed E-state index contributed by atoms with van der Waals surface area (Å²) in [6.45, 7) is 4.27. The molecule has 4 amide bonds. The van der Waals surface area contributed by atoms with Crippen molar-refractivity contribution in [2.75, 3.05) is 31.6 Å². The molecule has 0 bridgehead atoms. The summed E-state index contributed by atoms with van der Waals surface area (Å²) in [7, 11) is -2.65. The van der Waals surface area contributed by atoms with Crippen LogP contribution in [0.1, 0.15) is 73.0 Å². The number of hydrogen-bond donors (Lipinski definition) is 7. The Morgan fingerprint density at radius 3 is 2.60 bits per heavy atom. The first-order chi connectivity index (χ1) is 23.1. The second-order valence-electron chi connectivity index (χ2n) is 11.6. The van der Waals surface area contributed by atoms with E-state index in [0.717, 1.165) is 16.8 Å². The topological polar surface area (TPSA) is 208 Å². The van der Waals surface area contributed by atoms with Crippen molar-refractivity contribution in [2.24, 2.45) is 5.92 Å². The normalized spacial score (nSPS) is 14.6. The number of aromatic nitrogens is 1. The monoisotopic (exact) mass is 692 g/mol. The zero-order valence-electron chi connectivity index (χ0n) is 27.1. The maximum atomic E-state index is 13.9. The highest BCUT2D eigenvalue weighted by molar-refractivity contribution is 7.33. The van der Waals surface area contributed by atoms with Crippen LogP contribution in [0.2, 0.25) is 0 Å². The van der Waals surface area contributed by atoms with Gasteiger partial charge in [-0.3, -0.25) is 19.2 Å². The summed E-state index contributed by atoms with van der Waals surface area (Å²) >= 11 is 0. The van der Waals surface area contributed by atoms with Crippen molar-refractivity contribution >= 4 is 49.7 Å². The molecule has 262 valence electrons. The Morgan fingerprint density at radius 1 is 1.12 bits per heavy atom. The van der Waals surface area contributed by atoms with E-state index in [1.807, 2.05) is 13.8 Å². The number of rotatable bonds is 22. The Kier molecular flexibility index (Phi) is 15.8. The Balaban J connectivity index is 1.56. The summed E-state index contributed by atoms with van der Waals surface area (Å²) in [5.74, 6) is -1.73. The zero-order chi connectivity index (χ0) is 35.1. The number of benzene rings is 1. The number of aliphatic hydroxyl groups is 1. The van der Waals surface area contributed by atoms with E-state index in [4.69, 9.17) is 9.78 Å². The summed E-state index contributed by atoms with van der Waals surface area (Å²) in [5.41, 5.74) is 4.61. The molecule has 48 heavy (non-hydrogen) atoms. The van der Waals surface area contributed by atoms with Gasteiger partial charge in [0.1, 0.15) is 18.5 Å². The van der Waals surface area contributed by atoms with E-state index in [-0.39, 0.29) is 43.3 Å². The Labute approximate surface area is 279 Å². The van der Waals surface area contributed by atoms with Gasteiger partial charge < -0.3 is 31.4 Å². The average Bonchev–Trinajstić information content (AvgIpc) is 3.52. The van der Waals surface area contributed by atoms with Crippen LogP contribution in [0.15, 0.2) is 18.2 Å². The fraction of sp³-hybridized carbons (Fsp3) is 0.500.